The van der Waals surface area contributed by atoms with Crippen LogP contribution in [0, 0.1) is 0 Å². The van der Waals surface area contributed by atoms with Crippen molar-refractivity contribution in [2.24, 2.45) is 0 Å². The van der Waals surface area contributed by atoms with Gasteiger partial charge in [-0.3, -0.25) is 14.5 Å². The largest absolute Gasteiger partial charge is 0.444 e. The van der Waals surface area contributed by atoms with E-state index in [1.165, 1.54) is 13.8 Å². The lowest BCUT2D eigenvalue weighted by Crippen LogP contribution is -2.45. The van der Waals surface area contributed by atoms with Crippen LogP contribution in [0.2, 0.25) is 5.02 Å². The van der Waals surface area contributed by atoms with Crippen molar-refractivity contribution >= 4 is 34.9 Å². The molecule has 0 aliphatic heterocycles. The molecule has 1 atom stereocenters. The molecule has 2 aromatic carbocycles. The highest BCUT2D eigenvalue weighted by molar-refractivity contribution is 6.39. The first-order valence-electron chi connectivity index (χ1n) is 7.70. The average Bonchev–Trinajstić information content (AvgIpc) is 2.61. The second kappa shape index (κ2) is 8.44. The Morgan fingerprint density at radius 3 is 2.20 bits per heavy atom. The number of halogens is 1. The fraction of sp³-hybridized carbons (Fsp3) is 0.211. The number of hydrogen-bond acceptors (Lipinski definition) is 4. The number of hydrogen-bond donors (Lipinski definition) is 0. The van der Waals surface area contributed by atoms with Gasteiger partial charge in [-0.25, -0.2) is 4.79 Å². The molecule has 2 rings (SSSR count). The zero-order chi connectivity index (χ0) is 18.4. The van der Waals surface area contributed by atoms with E-state index in [0.29, 0.717) is 10.7 Å². The molecule has 1 unspecified atom stereocenters. The van der Waals surface area contributed by atoms with Crippen molar-refractivity contribution < 1.29 is 19.1 Å². The monoisotopic (exact) mass is 359 g/mol. The minimum absolute atomic E-state index is 0.0603. The topological polar surface area (TPSA) is 63.7 Å². The van der Waals surface area contributed by atoms with Gasteiger partial charge >= 0.3 is 6.09 Å². The summed E-state index contributed by atoms with van der Waals surface area (Å²) in [4.78, 5) is 37.2. The number of carbonyl (C=O) groups excluding carboxylic acids is 3. The molecule has 0 radical (unpaired) electrons. The molecule has 0 bridgehead atoms. The molecule has 25 heavy (non-hydrogen) atoms. The van der Waals surface area contributed by atoms with Crippen molar-refractivity contribution in [3.63, 3.8) is 0 Å². The van der Waals surface area contributed by atoms with Gasteiger partial charge in [-0.1, -0.05) is 41.9 Å². The minimum atomic E-state index is -0.984. The van der Waals surface area contributed by atoms with Crippen LogP contribution in [-0.2, 0) is 20.9 Å². The highest BCUT2D eigenvalue weighted by Gasteiger charge is 2.30. The third kappa shape index (κ3) is 4.90. The van der Waals surface area contributed by atoms with E-state index in [2.05, 4.69) is 0 Å². The van der Waals surface area contributed by atoms with Crippen molar-refractivity contribution in [3.8, 4) is 0 Å². The molecule has 0 saturated heterocycles. The lowest BCUT2D eigenvalue weighted by molar-refractivity contribution is -0.135. The molecule has 1 amide bonds. The number of amides is 1. The van der Waals surface area contributed by atoms with E-state index in [4.69, 9.17) is 16.3 Å². The molecule has 0 spiro atoms. The number of benzene rings is 2. The van der Waals surface area contributed by atoms with Crippen LogP contribution in [0.25, 0.3) is 0 Å². The van der Waals surface area contributed by atoms with Crippen LogP contribution in [0.4, 0.5) is 10.5 Å². The molecule has 6 heteroatoms. The first kappa shape index (κ1) is 18.7. The number of anilines is 1. The SMILES string of the molecule is CC(=O)C(=O)C(C)N(C(=O)OCc1ccccc1)c1ccc(Cl)cc1. The van der Waals surface area contributed by atoms with Gasteiger partial charge in [0, 0.05) is 17.6 Å². The summed E-state index contributed by atoms with van der Waals surface area (Å²) in [5.41, 5.74) is 1.24. The number of ketones is 2. The average molecular weight is 360 g/mol. The maximum atomic E-state index is 12.6. The number of rotatable bonds is 6. The first-order valence-corrected chi connectivity index (χ1v) is 8.08. The molecule has 0 saturated carbocycles. The van der Waals surface area contributed by atoms with Gasteiger partial charge in [-0.15, -0.1) is 0 Å². The number of ether oxygens (including phenoxy) is 1. The zero-order valence-corrected chi connectivity index (χ0v) is 14.7. The van der Waals surface area contributed by atoms with Crippen LogP contribution in [-0.4, -0.2) is 23.7 Å². The summed E-state index contributed by atoms with van der Waals surface area (Å²) in [6.07, 6.45) is -0.715. The van der Waals surface area contributed by atoms with Crippen LogP contribution < -0.4 is 4.90 Å². The third-order valence-corrected chi connectivity index (χ3v) is 3.87. The lowest BCUT2D eigenvalue weighted by Gasteiger charge is -2.27. The van der Waals surface area contributed by atoms with Crippen LogP contribution in [0.1, 0.15) is 19.4 Å². The Kier molecular flexibility index (Phi) is 6.31. The van der Waals surface area contributed by atoms with E-state index in [0.717, 1.165) is 10.5 Å². The van der Waals surface area contributed by atoms with Crippen LogP contribution in [0.5, 0.6) is 0 Å². The van der Waals surface area contributed by atoms with E-state index < -0.39 is 23.7 Å². The summed E-state index contributed by atoms with van der Waals surface area (Å²) in [5, 5.41) is 0.493. The molecule has 2 aromatic rings. The molecule has 0 aromatic heterocycles. The van der Waals surface area contributed by atoms with Crippen LogP contribution >= 0.6 is 11.6 Å². The normalized spacial score (nSPS) is 11.5. The number of carbonyl (C=O) groups is 3. The second-order valence-corrected chi connectivity index (χ2v) is 5.92. The zero-order valence-electron chi connectivity index (χ0n) is 13.9. The van der Waals surface area contributed by atoms with E-state index in [9.17, 15) is 14.4 Å². The molecule has 5 nitrogen and oxygen atoms in total. The highest BCUT2D eigenvalue weighted by Crippen LogP contribution is 2.22. The van der Waals surface area contributed by atoms with Crippen molar-refractivity contribution in [3.05, 3.63) is 65.2 Å². The summed E-state index contributed by atoms with van der Waals surface area (Å²) in [6, 6.07) is 14.6. The van der Waals surface area contributed by atoms with E-state index >= 15 is 0 Å². The van der Waals surface area contributed by atoms with Crippen molar-refractivity contribution in [1.29, 1.82) is 0 Å². The summed E-state index contributed by atoms with van der Waals surface area (Å²) in [5.74, 6) is -1.30. The Hall–Kier alpha value is -2.66. The molecule has 0 fully saturated rings. The summed E-state index contributed by atoms with van der Waals surface area (Å²) in [6.45, 7) is 2.72. The minimum Gasteiger partial charge on any atom is -0.444 e. The smallest absolute Gasteiger partial charge is 0.415 e. The fourth-order valence-electron chi connectivity index (χ4n) is 2.29. The predicted octanol–water partition coefficient (Wildman–Crippen LogP) is 4.03. The quantitative estimate of drug-likeness (QED) is 0.730. The molecular weight excluding hydrogens is 342 g/mol. The number of nitrogens with zero attached hydrogens (tertiary/aromatic N) is 1. The van der Waals surface area contributed by atoms with Crippen molar-refractivity contribution in [2.45, 2.75) is 26.5 Å². The molecule has 130 valence electrons. The lowest BCUT2D eigenvalue weighted by atomic mass is 10.1. The van der Waals surface area contributed by atoms with E-state index in [1.54, 1.807) is 24.3 Å². The fourth-order valence-corrected chi connectivity index (χ4v) is 2.42. The van der Waals surface area contributed by atoms with Gasteiger partial charge < -0.3 is 4.74 Å². The second-order valence-electron chi connectivity index (χ2n) is 5.48. The highest BCUT2D eigenvalue weighted by atomic mass is 35.5. The number of Topliss-reactive ketones (excluding diaryl/α,β-unsaturated/α-hetero) is 2. The maximum absolute atomic E-state index is 12.6. The Labute approximate surface area is 151 Å². The van der Waals surface area contributed by atoms with Gasteiger partial charge in [0.05, 0.1) is 0 Å². The van der Waals surface area contributed by atoms with Crippen molar-refractivity contribution in [2.75, 3.05) is 4.90 Å². The first-order chi connectivity index (χ1) is 11.9. The third-order valence-electron chi connectivity index (χ3n) is 3.62. The predicted molar refractivity (Wildman–Crippen MR) is 95.7 cm³/mol. The van der Waals surface area contributed by atoms with Gasteiger partial charge in [0.15, 0.2) is 5.78 Å². The Morgan fingerprint density at radius 2 is 1.64 bits per heavy atom. The van der Waals surface area contributed by atoms with E-state index in [-0.39, 0.29) is 6.61 Å². The summed E-state index contributed by atoms with van der Waals surface area (Å²) < 4.78 is 5.32. The van der Waals surface area contributed by atoms with E-state index in [1.807, 2.05) is 30.3 Å². The molecule has 0 N–H and O–H groups in total. The Bertz CT molecular complexity index is 759. The molecule has 0 heterocycles. The van der Waals surface area contributed by atoms with Gasteiger partial charge in [0.25, 0.3) is 0 Å². The van der Waals surface area contributed by atoms with Crippen LogP contribution in [0.15, 0.2) is 54.6 Å². The molecular formula is C19H18ClNO4. The van der Waals surface area contributed by atoms with Gasteiger partial charge in [-0.05, 0) is 36.8 Å². The van der Waals surface area contributed by atoms with Gasteiger partial charge in [-0.2, -0.15) is 0 Å². The molecule has 0 aliphatic rings. The van der Waals surface area contributed by atoms with Gasteiger partial charge in [0.1, 0.15) is 12.6 Å². The van der Waals surface area contributed by atoms with Gasteiger partial charge in [0.2, 0.25) is 5.78 Å². The summed E-state index contributed by atoms with van der Waals surface area (Å²) in [7, 11) is 0. The van der Waals surface area contributed by atoms with Crippen molar-refractivity contribution in [1.82, 2.24) is 0 Å². The Balaban J connectivity index is 2.23. The van der Waals surface area contributed by atoms with Crippen LogP contribution in [0.3, 0.4) is 0 Å². The Morgan fingerprint density at radius 1 is 1.04 bits per heavy atom. The molecule has 0 aliphatic carbocycles. The maximum Gasteiger partial charge on any atom is 0.415 e. The summed E-state index contributed by atoms with van der Waals surface area (Å²) >= 11 is 5.87. The standard InChI is InChI=1S/C19H18ClNO4/c1-13(18(23)14(2)22)21(17-10-8-16(20)9-11-17)19(24)25-12-15-6-4-3-5-7-15/h3-11,13H,12H2,1-2H3.